The van der Waals surface area contributed by atoms with E-state index in [0.717, 1.165) is 12.3 Å². The van der Waals surface area contributed by atoms with E-state index in [-0.39, 0.29) is 0 Å². The van der Waals surface area contributed by atoms with Crippen LogP contribution in [0.2, 0.25) is 0 Å². The van der Waals surface area contributed by atoms with Crippen molar-refractivity contribution in [3.05, 3.63) is 35.4 Å². The molecule has 0 N–H and O–H groups in total. The minimum Gasteiger partial charge on any atom is -0.126 e. The number of alkyl halides is 1. The molecular formula is C20H33Cl. The molecule has 0 spiro atoms. The molecule has 0 unspecified atom stereocenters. The molecule has 120 valence electrons. The van der Waals surface area contributed by atoms with Crippen molar-refractivity contribution in [1.29, 1.82) is 0 Å². The van der Waals surface area contributed by atoms with Crippen LogP contribution in [-0.2, 0) is 12.8 Å². The van der Waals surface area contributed by atoms with Crippen LogP contribution in [0.3, 0.4) is 0 Å². The van der Waals surface area contributed by atoms with Gasteiger partial charge in [-0.25, -0.2) is 0 Å². The fourth-order valence-corrected chi connectivity index (χ4v) is 3.02. The van der Waals surface area contributed by atoms with Crippen LogP contribution in [0.5, 0.6) is 0 Å². The molecule has 0 atom stereocenters. The summed E-state index contributed by atoms with van der Waals surface area (Å²) in [6, 6.07) is 9.01. The fourth-order valence-electron chi connectivity index (χ4n) is 2.80. The summed E-state index contributed by atoms with van der Waals surface area (Å²) in [5, 5.41) is 0. The van der Waals surface area contributed by atoms with Gasteiger partial charge in [-0.2, -0.15) is 0 Å². The number of hydrogen-bond acceptors (Lipinski definition) is 0. The van der Waals surface area contributed by atoms with Crippen LogP contribution in [0.1, 0.15) is 82.3 Å². The number of aryl methyl sites for hydroxylation is 2. The zero-order valence-electron chi connectivity index (χ0n) is 13.9. The maximum Gasteiger partial charge on any atom is 0.0263 e. The van der Waals surface area contributed by atoms with Gasteiger partial charge in [-0.15, -0.1) is 11.6 Å². The van der Waals surface area contributed by atoms with Gasteiger partial charge < -0.3 is 0 Å². The predicted molar refractivity (Wildman–Crippen MR) is 96.4 cm³/mol. The molecule has 0 saturated heterocycles. The molecule has 1 heteroatoms. The molecule has 0 aliphatic rings. The summed E-state index contributed by atoms with van der Waals surface area (Å²) < 4.78 is 0. The highest BCUT2D eigenvalue weighted by molar-refractivity contribution is 6.17. The zero-order valence-corrected chi connectivity index (χ0v) is 14.6. The van der Waals surface area contributed by atoms with E-state index in [1.807, 2.05) is 0 Å². The van der Waals surface area contributed by atoms with E-state index in [2.05, 4.69) is 31.2 Å². The number of benzene rings is 1. The largest absolute Gasteiger partial charge is 0.126 e. The Morgan fingerprint density at radius 2 is 1.05 bits per heavy atom. The molecule has 0 nitrogen and oxygen atoms in total. The van der Waals surface area contributed by atoms with Crippen molar-refractivity contribution in [2.24, 2.45) is 0 Å². The molecule has 1 aromatic rings. The number of unbranched alkanes of at least 4 members (excludes halogenated alkanes) is 9. The van der Waals surface area contributed by atoms with Crippen LogP contribution < -0.4 is 0 Å². The SMILES string of the molecule is CCCCCCCCCCCCc1ccc(CCCl)cc1. The van der Waals surface area contributed by atoms with Crippen molar-refractivity contribution in [2.75, 3.05) is 5.88 Å². The first kappa shape index (κ1) is 18.6. The molecule has 0 saturated carbocycles. The summed E-state index contributed by atoms with van der Waals surface area (Å²) in [5.41, 5.74) is 2.84. The summed E-state index contributed by atoms with van der Waals surface area (Å²) in [6.07, 6.45) is 16.3. The monoisotopic (exact) mass is 308 g/mol. The van der Waals surface area contributed by atoms with E-state index in [1.165, 1.54) is 81.8 Å². The van der Waals surface area contributed by atoms with Crippen LogP contribution in [0.4, 0.5) is 0 Å². The van der Waals surface area contributed by atoms with Crippen LogP contribution in [0.15, 0.2) is 24.3 Å². The van der Waals surface area contributed by atoms with Gasteiger partial charge in [-0.05, 0) is 30.4 Å². The summed E-state index contributed by atoms with van der Waals surface area (Å²) in [6.45, 7) is 2.28. The van der Waals surface area contributed by atoms with E-state index < -0.39 is 0 Å². The Morgan fingerprint density at radius 1 is 0.619 bits per heavy atom. The molecule has 0 bridgehead atoms. The molecule has 0 aliphatic carbocycles. The summed E-state index contributed by atoms with van der Waals surface area (Å²) in [7, 11) is 0. The van der Waals surface area contributed by atoms with E-state index in [9.17, 15) is 0 Å². The molecular weight excluding hydrogens is 276 g/mol. The van der Waals surface area contributed by atoms with Crippen LogP contribution in [-0.4, -0.2) is 5.88 Å². The van der Waals surface area contributed by atoms with Crippen molar-refractivity contribution in [3.8, 4) is 0 Å². The normalized spacial score (nSPS) is 11.0. The summed E-state index contributed by atoms with van der Waals surface area (Å²) >= 11 is 5.76. The second-order valence-corrected chi connectivity index (χ2v) is 6.57. The van der Waals surface area contributed by atoms with Crippen molar-refractivity contribution in [1.82, 2.24) is 0 Å². The van der Waals surface area contributed by atoms with Gasteiger partial charge in [0.25, 0.3) is 0 Å². The van der Waals surface area contributed by atoms with Crippen molar-refractivity contribution >= 4 is 11.6 Å². The Balaban J connectivity index is 1.94. The predicted octanol–water partition coefficient (Wildman–Crippen LogP) is 6.93. The Kier molecular flexibility index (Phi) is 11.7. The third kappa shape index (κ3) is 9.96. The maximum absolute atomic E-state index is 5.76. The van der Waals surface area contributed by atoms with Gasteiger partial charge in [0.15, 0.2) is 0 Å². The lowest BCUT2D eigenvalue weighted by Crippen LogP contribution is -1.89. The average Bonchev–Trinajstić information content (AvgIpc) is 2.51. The second-order valence-electron chi connectivity index (χ2n) is 6.19. The van der Waals surface area contributed by atoms with E-state index in [4.69, 9.17) is 11.6 Å². The van der Waals surface area contributed by atoms with Crippen LogP contribution in [0.25, 0.3) is 0 Å². The minimum atomic E-state index is 0.720. The quantitative estimate of drug-likeness (QED) is 0.274. The molecule has 0 heterocycles. The first-order valence-electron chi connectivity index (χ1n) is 9.00. The van der Waals surface area contributed by atoms with Crippen molar-refractivity contribution in [3.63, 3.8) is 0 Å². The van der Waals surface area contributed by atoms with E-state index in [0.29, 0.717) is 0 Å². The third-order valence-corrected chi connectivity index (χ3v) is 4.41. The van der Waals surface area contributed by atoms with Crippen molar-refractivity contribution in [2.45, 2.75) is 84.0 Å². The smallest absolute Gasteiger partial charge is 0.0263 e. The topological polar surface area (TPSA) is 0 Å². The van der Waals surface area contributed by atoms with Gasteiger partial charge >= 0.3 is 0 Å². The van der Waals surface area contributed by atoms with Gasteiger partial charge in [0.2, 0.25) is 0 Å². The molecule has 0 aromatic heterocycles. The molecule has 0 radical (unpaired) electrons. The molecule has 0 aliphatic heterocycles. The highest BCUT2D eigenvalue weighted by Crippen LogP contribution is 2.13. The number of halogens is 1. The standard InChI is InChI=1S/C20H33Cl/c1-2-3-4-5-6-7-8-9-10-11-12-19-13-15-20(16-14-19)17-18-21/h13-16H,2-12,17-18H2,1H3. The maximum atomic E-state index is 5.76. The van der Waals surface area contributed by atoms with E-state index in [1.54, 1.807) is 0 Å². The Bertz CT molecular complexity index is 328. The lowest BCUT2D eigenvalue weighted by atomic mass is 10.0. The van der Waals surface area contributed by atoms with Gasteiger partial charge in [0.05, 0.1) is 0 Å². The van der Waals surface area contributed by atoms with Gasteiger partial charge in [0, 0.05) is 5.88 Å². The Hall–Kier alpha value is -0.490. The van der Waals surface area contributed by atoms with Gasteiger partial charge in [-0.1, -0.05) is 89.0 Å². The van der Waals surface area contributed by atoms with E-state index >= 15 is 0 Å². The molecule has 1 aromatic carbocycles. The molecule has 0 amide bonds. The third-order valence-electron chi connectivity index (χ3n) is 4.23. The molecule has 21 heavy (non-hydrogen) atoms. The lowest BCUT2D eigenvalue weighted by molar-refractivity contribution is 0.556. The average molecular weight is 309 g/mol. The van der Waals surface area contributed by atoms with Crippen molar-refractivity contribution < 1.29 is 0 Å². The highest BCUT2D eigenvalue weighted by atomic mass is 35.5. The number of rotatable bonds is 13. The fraction of sp³-hybridized carbons (Fsp3) is 0.700. The molecule has 1 rings (SSSR count). The first-order chi connectivity index (χ1) is 10.4. The van der Waals surface area contributed by atoms with Crippen LogP contribution >= 0.6 is 11.6 Å². The zero-order chi connectivity index (χ0) is 15.2. The first-order valence-corrected chi connectivity index (χ1v) is 9.54. The summed E-state index contributed by atoms with van der Waals surface area (Å²) in [4.78, 5) is 0. The summed E-state index contributed by atoms with van der Waals surface area (Å²) in [5.74, 6) is 0.720. The van der Waals surface area contributed by atoms with Crippen LogP contribution in [0, 0.1) is 0 Å². The van der Waals surface area contributed by atoms with Gasteiger partial charge in [0.1, 0.15) is 0 Å². The second kappa shape index (κ2) is 13.2. The lowest BCUT2D eigenvalue weighted by Gasteiger charge is -2.04. The minimum absolute atomic E-state index is 0.720. The number of hydrogen-bond donors (Lipinski definition) is 0. The Labute approximate surface area is 137 Å². The molecule has 0 fully saturated rings. The highest BCUT2D eigenvalue weighted by Gasteiger charge is 1.96. The Morgan fingerprint density at radius 3 is 1.52 bits per heavy atom. The van der Waals surface area contributed by atoms with Gasteiger partial charge in [-0.3, -0.25) is 0 Å².